The predicted octanol–water partition coefficient (Wildman–Crippen LogP) is 3.47. The van der Waals surface area contributed by atoms with Gasteiger partial charge < -0.3 is 21.7 Å². The van der Waals surface area contributed by atoms with Gasteiger partial charge in [0.1, 0.15) is 12.0 Å². The number of para-hydroxylation sites is 1. The first-order valence-electron chi connectivity index (χ1n) is 9.68. The molecule has 2 aromatic heterocycles. The Hall–Kier alpha value is -4.53. The van der Waals surface area contributed by atoms with Crippen LogP contribution >= 0.6 is 0 Å². The first kappa shape index (κ1) is 20.7. The van der Waals surface area contributed by atoms with Gasteiger partial charge in [0, 0.05) is 5.39 Å². The molecule has 5 N–H and O–H groups in total. The normalized spacial score (nSPS) is 11.5. The maximum absolute atomic E-state index is 14.8. The number of anilines is 3. The first-order chi connectivity index (χ1) is 15.5. The Kier molecular flexibility index (Phi) is 5.89. The van der Waals surface area contributed by atoms with Crippen LogP contribution in [0.3, 0.4) is 0 Å². The van der Waals surface area contributed by atoms with Gasteiger partial charge in [-0.1, -0.05) is 48.5 Å². The van der Waals surface area contributed by atoms with Crippen LogP contribution in [0.15, 0.2) is 72.9 Å². The molecule has 8 nitrogen and oxygen atoms in total. The van der Waals surface area contributed by atoms with Crippen molar-refractivity contribution in [1.82, 2.24) is 15.3 Å². The van der Waals surface area contributed by atoms with Crippen LogP contribution in [0.25, 0.3) is 10.9 Å². The summed E-state index contributed by atoms with van der Waals surface area (Å²) < 4.78 is 14.8. The number of nitrogens with zero attached hydrogens (tertiary/aromatic N) is 2. The number of amides is 2. The van der Waals surface area contributed by atoms with Gasteiger partial charge in [-0.3, -0.25) is 14.6 Å². The van der Waals surface area contributed by atoms with E-state index in [2.05, 4.69) is 25.9 Å². The highest BCUT2D eigenvalue weighted by Gasteiger charge is 2.19. The molecule has 0 aliphatic carbocycles. The molecule has 9 heteroatoms. The maximum Gasteiger partial charge on any atom is 0.252 e. The zero-order valence-corrected chi connectivity index (χ0v) is 16.7. The summed E-state index contributed by atoms with van der Waals surface area (Å²) in [5.41, 5.74) is 7.34. The molecule has 1 atom stereocenters. The van der Waals surface area contributed by atoms with E-state index in [1.807, 2.05) is 36.4 Å². The van der Waals surface area contributed by atoms with Crippen molar-refractivity contribution < 1.29 is 14.0 Å². The van der Waals surface area contributed by atoms with Crippen molar-refractivity contribution >= 4 is 40.5 Å². The van der Waals surface area contributed by atoms with E-state index in [9.17, 15) is 14.0 Å². The molecular weight excluding hydrogens is 411 g/mol. The molecule has 0 unspecified atom stereocenters. The van der Waals surface area contributed by atoms with E-state index in [0.717, 1.165) is 17.0 Å². The number of halogens is 1. The smallest absolute Gasteiger partial charge is 0.252 e. The zero-order chi connectivity index (χ0) is 22.5. The molecule has 4 aromatic rings. The third-order valence-electron chi connectivity index (χ3n) is 4.74. The van der Waals surface area contributed by atoms with Crippen molar-refractivity contribution in [3.63, 3.8) is 0 Å². The van der Waals surface area contributed by atoms with E-state index in [1.165, 1.54) is 0 Å². The average Bonchev–Trinajstić information content (AvgIpc) is 2.81. The predicted molar refractivity (Wildman–Crippen MR) is 120 cm³/mol. The van der Waals surface area contributed by atoms with Gasteiger partial charge in [-0.25, -0.2) is 9.37 Å². The fraction of sp³-hybridized carbons (Fsp3) is 0.0435. The van der Waals surface area contributed by atoms with Gasteiger partial charge >= 0.3 is 0 Å². The molecule has 4 rings (SSSR count). The number of carbonyl (C=O) groups excluding carboxylic acids is 2. The molecule has 0 bridgehead atoms. The number of benzene rings is 2. The lowest BCUT2D eigenvalue weighted by atomic mass is 10.1. The Bertz CT molecular complexity index is 1280. The fourth-order valence-electron chi connectivity index (χ4n) is 3.22. The third-order valence-corrected chi connectivity index (χ3v) is 4.74. The van der Waals surface area contributed by atoms with Gasteiger partial charge in [0.05, 0.1) is 23.0 Å². The van der Waals surface area contributed by atoms with Crippen LogP contribution in [0.5, 0.6) is 0 Å². The molecular formula is C23H19FN6O2. The topological polar surface area (TPSA) is 122 Å². The maximum atomic E-state index is 14.8. The van der Waals surface area contributed by atoms with Crippen LogP contribution in [0.2, 0.25) is 0 Å². The largest absolute Gasteiger partial charge is 0.365 e. The number of aromatic nitrogens is 2. The Morgan fingerprint density at radius 2 is 1.78 bits per heavy atom. The second-order valence-electron chi connectivity index (χ2n) is 6.89. The Labute approximate surface area is 182 Å². The number of fused-ring (bicyclic) bond motifs is 1. The van der Waals surface area contributed by atoms with Crippen molar-refractivity contribution in [3.8, 4) is 0 Å². The minimum atomic E-state index is -0.843. The van der Waals surface area contributed by atoms with E-state index < -0.39 is 17.9 Å². The summed E-state index contributed by atoms with van der Waals surface area (Å²) in [7, 11) is 0. The van der Waals surface area contributed by atoms with Crippen molar-refractivity contribution in [2.75, 3.05) is 10.6 Å². The van der Waals surface area contributed by atoms with Gasteiger partial charge in [0.15, 0.2) is 11.6 Å². The van der Waals surface area contributed by atoms with E-state index in [-0.39, 0.29) is 17.2 Å². The van der Waals surface area contributed by atoms with Crippen LogP contribution in [0.4, 0.5) is 21.7 Å². The molecule has 2 heterocycles. The summed E-state index contributed by atoms with van der Waals surface area (Å²) in [6, 6.07) is 19.3. The van der Waals surface area contributed by atoms with Crippen molar-refractivity contribution in [1.29, 1.82) is 0 Å². The SMILES string of the molecule is NC(=O)c1cc(F)c(N[C@@H](NC=O)c2ccccc2)nc1Nc1cnc2ccccc2c1. The van der Waals surface area contributed by atoms with E-state index in [4.69, 9.17) is 5.73 Å². The van der Waals surface area contributed by atoms with Crippen molar-refractivity contribution in [2.24, 2.45) is 5.73 Å². The Morgan fingerprint density at radius 3 is 2.53 bits per heavy atom. The van der Waals surface area contributed by atoms with Gasteiger partial charge in [-0.15, -0.1) is 0 Å². The Morgan fingerprint density at radius 1 is 1.03 bits per heavy atom. The molecule has 2 amide bonds. The van der Waals surface area contributed by atoms with Crippen LogP contribution < -0.4 is 21.7 Å². The monoisotopic (exact) mass is 430 g/mol. The molecule has 32 heavy (non-hydrogen) atoms. The number of carbonyl (C=O) groups is 2. The van der Waals surface area contributed by atoms with Gasteiger partial charge in [-0.05, 0) is 23.8 Å². The first-order valence-corrected chi connectivity index (χ1v) is 9.68. The molecule has 160 valence electrons. The molecule has 0 saturated carbocycles. The quantitative estimate of drug-likeness (QED) is 0.251. The van der Waals surface area contributed by atoms with E-state index >= 15 is 0 Å². The number of pyridine rings is 2. The molecule has 0 saturated heterocycles. The standard InChI is InChI=1S/C23H19FN6O2/c24-18-11-17(20(25)32)22(28-16-10-15-8-4-5-9-19(15)26-12-16)30-23(18)29-21(27-13-31)14-6-2-1-3-7-14/h1-13,21H,(H2,25,32)(H,27,31)(H2,28,29,30)/t21-/m1/s1. The van der Waals surface area contributed by atoms with Crippen molar-refractivity contribution in [2.45, 2.75) is 6.17 Å². The number of nitrogens with two attached hydrogens (primary N) is 1. The lowest BCUT2D eigenvalue weighted by Crippen LogP contribution is -2.28. The highest BCUT2D eigenvalue weighted by molar-refractivity contribution is 5.99. The second kappa shape index (κ2) is 9.09. The Balaban J connectivity index is 1.70. The van der Waals surface area contributed by atoms with E-state index in [0.29, 0.717) is 17.7 Å². The number of rotatable bonds is 8. The second-order valence-corrected chi connectivity index (χ2v) is 6.89. The molecule has 0 spiro atoms. The lowest BCUT2D eigenvalue weighted by Gasteiger charge is -2.20. The van der Waals surface area contributed by atoms with Crippen LogP contribution in [0, 0.1) is 5.82 Å². The van der Waals surface area contributed by atoms with Crippen LogP contribution in [-0.4, -0.2) is 22.3 Å². The third kappa shape index (κ3) is 4.46. The van der Waals surface area contributed by atoms with Gasteiger partial charge in [0.25, 0.3) is 5.91 Å². The molecule has 0 fully saturated rings. The number of hydrogen-bond donors (Lipinski definition) is 4. The highest BCUT2D eigenvalue weighted by atomic mass is 19.1. The highest BCUT2D eigenvalue weighted by Crippen LogP contribution is 2.27. The van der Waals surface area contributed by atoms with E-state index in [1.54, 1.807) is 30.5 Å². The van der Waals surface area contributed by atoms with Gasteiger partial charge in [0.2, 0.25) is 6.41 Å². The summed E-state index contributed by atoms with van der Waals surface area (Å²) in [4.78, 5) is 31.6. The molecule has 0 aliphatic heterocycles. The number of nitrogens with one attached hydrogen (secondary N) is 3. The summed E-state index contributed by atoms with van der Waals surface area (Å²) in [5, 5.41) is 9.29. The minimum absolute atomic E-state index is 0.0522. The molecule has 0 aliphatic rings. The average molecular weight is 430 g/mol. The fourth-order valence-corrected chi connectivity index (χ4v) is 3.22. The van der Waals surface area contributed by atoms with Crippen LogP contribution in [-0.2, 0) is 4.79 Å². The molecule has 2 aromatic carbocycles. The number of primary amides is 1. The molecule has 0 radical (unpaired) electrons. The lowest BCUT2D eigenvalue weighted by molar-refractivity contribution is -0.110. The number of hydrogen-bond acceptors (Lipinski definition) is 6. The van der Waals surface area contributed by atoms with Crippen LogP contribution in [0.1, 0.15) is 22.1 Å². The van der Waals surface area contributed by atoms with Gasteiger partial charge in [-0.2, -0.15) is 0 Å². The summed E-state index contributed by atoms with van der Waals surface area (Å²) in [6.07, 6.45) is 1.33. The van der Waals surface area contributed by atoms with Crippen molar-refractivity contribution in [3.05, 3.63) is 89.9 Å². The minimum Gasteiger partial charge on any atom is -0.365 e. The summed E-state index contributed by atoms with van der Waals surface area (Å²) >= 11 is 0. The summed E-state index contributed by atoms with van der Waals surface area (Å²) in [5.74, 6) is -1.76. The zero-order valence-electron chi connectivity index (χ0n) is 16.7. The summed E-state index contributed by atoms with van der Waals surface area (Å²) in [6.45, 7) is 0.